The van der Waals surface area contributed by atoms with Crippen molar-refractivity contribution in [3.63, 3.8) is 0 Å². The molecule has 0 saturated heterocycles. The number of carbonyl (C=O) groups is 5. The summed E-state index contributed by atoms with van der Waals surface area (Å²) < 4.78 is 15.9. The van der Waals surface area contributed by atoms with Crippen LogP contribution >= 0.6 is 0 Å². The fourth-order valence-corrected chi connectivity index (χ4v) is 4.94. The lowest BCUT2D eigenvalue weighted by atomic mass is 9.98. The number of amides is 5. The number of hydrogen-bond acceptors (Lipinski definition) is 8. The number of rotatable bonds is 6. The highest BCUT2D eigenvalue weighted by Crippen LogP contribution is 2.24. The molecule has 16 nitrogen and oxygen atoms in total. The maximum absolute atomic E-state index is 13.1. The van der Waals surface area contributed by atoms with Gasteiger partial charge in [0, 0.05) is 37.9 Å². The molecule has 1 heterocycles. The van der Waals surface area contributed by atoms with Gasteiger partial charge in [-0.2, -0.15) is 0 Å². The lowest BCUT2D eigenvalue weighted by Crippen LogP contribution is -2.48. The minimum atomic E-state index is -1.37. The molecule has 0 bridgehead atoms. The summed E-state index contributed by atoms with van der Waals surface area (Å²) in [5.74, 6) is -0.426. The van der Waals surface area contributed by atoms with Crippen molar-refractivity contribution in [2.75, 3.05) is 32.0 Å². The van der Waals surface area contributed by atoms with Gasteiger partial charge in [-0.15, -0.1) is 9.98 Å². The molecule has 2 aromatic carbocycles. The quantitative estimate of drug-likeness (QED) is 0.136. The second-order valence-corrected chi connectivity index (χ2v) is 15.7. The summed E-state index contributed by atoms with van der Waals surface area (Å²) in [6.45, 7) is 16.6. The van der Waals surface area contributed by atoms with Crippen LogP contribution in [0.1, 0.15) is 90.2 Å². The Morgan fingerprint density at radius 2 is 1.35 bits per heavy atom. The van der Waals surface area contributed by atoms with Crippen molar-refractivity contribution in [1.82, 2.24) is 20.4 Å². The van der Waals surface area contributed by atoms with E-state index in [-0.39, 0.29) is 17.8 Å². The average Bonchev–Trinajstić information content (AvgIpc) is 3.04. The first-order chi connectivity index (χ1) is 25.5. The Bertz CT molecular complexity index is 1800. The van der Waals surface area contributed by atoms with E-state index in [2.05, 4.69) is 25.9 Å². The van der Waals surface area contributed by atoms with E-state index < -0.39 is 41.2 Å². The van der Waals surface area contributed by atoms with Crippen LogP contribution in [0.4, 0.5) is 24.9 Å². The predicted molar refractivity (Wildman–Crippen MR) is 209 cm³/mol. The van der Waals surface area contributed by atoms with E-state index in [0.29, 0.717) is 43.7 Å². The zero-order valence-corrected chi connectivity index (χ0v) is 33.2. The monoisotopic (exact) mass is 763 g/mol. The third kappa shape index (κ3) is 15.9. The van der Waals surface area contributed by atoms with E-state index in [4.69, 9.17) is 14.2 Å². The summed E-state index contributed by atoms with van der Waals surface area (Å²) >= 11 is 0. The van der Waals surface area contributed by atoms with Crippen LogP contribution in [-0.4, -0.2) is 101 Å². The molecule has 0 aliphatic carbocycles. The summed E-state index contributed by atoms with van der Waals surface area (Å²) in [4.78, 5) is 72.6. The van der Waals surface area contributed by atoms with Crippen LogP contribution in [0.2, 0.25) is 0 Å². The van der Waals surface area contributed by atoms with Gasteiger partial charge in [-0.1, -0.05) is 30.3 Å². The second-order valence-electron chi connectivity index (χ2n) is 15.7. The number of likely N-dealkylation sites (N-methyl/N-ethyl adjacent to an activating group) is 1. The third-order valence-corrected chi connectivity index (χ3v) is 7.35. The maximum Gasteiger partial charge on any atom is 0.437 e. The number of aliphatic imine (C=N–C) groups is 2. The zero-order chi connectivity index (χ0) is 41.1. The van der Waals surface area contributed by atoms with Crippen LogP contribution in [0, 0.1) is 0 Å². The molecule has 298 valence electrons. The van der Waals surface area contributed by atoms with Crippen molar-refractivity contribution in [3.05, 3.63) is 71.3 Å². The number of carboxylic acid groups (broad SMARTS) is 1. The second kappa shape index (κ2) is 18.4. The maximum atomic E-state index is 13.1. The molecule has 0 radical (unpaired) electrons. The van der Waals surface area contributed by atoms with Gasteiger partial charge in [0.1, 0.15) is 16.8 Å². The number of alkyl carbamates (subject to hydrolysis) is 1. The lowest BCUT2D eigenvalue weighted by molar-refractivity contribution is 0.0550. The molecule has 5 amide bonds. The molecule has 1 aliphatic rings. The molecule has 2 aromatic rings. The van der Waals surface area contributed by atoms with E-state index in [9.17, 15) is 29.1 Å². The Morgan fingerprint density at radius 1 is 0.782 bits per heavy atom. The molecule has 0 aromatic heterocycles. The van der Waals surface area contributed by atoms with E-state index in [0.717, 1.165) is 16.7 Å². The van der Waals surface area contributed by atoms with Crippen molar-refractivity contribution in [2.45, 2.75) is 92.0 Å². The third-order valence-electron chi connectivity index (χ3n) is 7.35. The smallest absolute Gasteiger partial charge is 0.437 e. The normalized spacial score (nSPS) is 13.9. The van der Waals surface area contributed by atoms with E-state index in [1.165, 1.54) is 4.90 Å². The zero-order valence-electron chi connectivity index (χ0n) is 33.2. The highest BCUT2D eigenvalue weighted by Gasteiger charge is 2.25. The molecule has 55 heavy (non-hydrogen) atoms. The first-order valence-electron chi connectivity index (χ1n) is 17.8. The van der Waals surface area contributed by atoms with Crippen molar-refractivity contribution in [3.8, 4) is 0 Å². The van der Waals surface area contributed by atoms with Crippen molar-refractivity contribution >= 4 is 53.5 Å². The van der Waals surface area contributed by atoms with Gasteiger partial charge in [0.2, 0.25) is 11.9 Å². The molecule has 3 rings (SSSR count). The van der Waals surface area contributed by atoms with Gasteiger partial charge in [-0.05, 0) is 116 Å². The molecular weight excluding hydrogens is 710 g/mol. The van der Waals surface area contributed by atoms with Crippen LogP contribution in [0.15, 0.2) is 64.6 Å². The minimum absolute atomic E-state index is 0.0260. The Morgan fingerprint density at radius 3 is 1.85 bits per heavy atom. The molecule has 1 aliphatic heterocycles. The molecule has 0 atom stereocenters. The van der Waals surface area contributed by atoms with Crippen LogP contribution < -0.4 is 16.0 Å². The molecule has 16 heteroatoms. The first kappa shape index (κ1) is 43.5. The van der Waals surface area contributed by atoms with Crippen LogP contribution in [-0.2, 0) is 20.6 Å². The molecule has 0 spiro atoms. The van der Waals surface area contributed by atoms with Gasteiger partial charge in [0.05, 0.1) is 0 Å². The fraction of sp³-hybridized carbons (Fsp3) is 0.462. The standard InChI is InChI=1S/C39H53N7O9/c1-37(2,3)53-34(50)42-31(41-33(48)49)45(10)22-19-25-11-17-29(18-12-25)40-30(47)28-15-13-26(14-16-28)27-20-23-46(24-21-27)32(43-35(51)54-38(4,5)6)44-36(52)55-39(7,8)9/h11-18,20H,19,21-24H2,1-10H3,(H,40,47)(H,48,49)(H,41,42,50)(H,43,44,51,52). The highest BCUT2D eigenvalue weighted by atomic mass is 16.6. The van der Waals surface area contributed by atoms with Crippen molar-refractivity contribution in [1.29, 1.82) is 0 Å². The van der Waals surface area contributed by atoms with E-state index in [1.54, 1.807) is 98.5 Å². The number of hydrogen-bond donors (Lipinski definition) is 4. The highest BCUT2D eigenvalue weighted by molar-refractivity contribution is 6.04. The van der Waals surface area contributed by atoms with Gasteiger partial charge in [-0.3, -0.25) is 15.4 Å². The van der Waals surface area contributed by atoms with Crippen molar-refractivity contribution in [2.24, 2.45) is 9.98 Å². The van der Waals surface area contributed by atoms with Crippen LogP contribution in [0.3, 0.4) is 0 Å². The largest absolute Gasteiger partial charge is 0.465 e. The number of anilines is 1. The SMILES string of the molecule is CN(CCc1ccc(NC(=O)c2ccc(C3=CCN(/C(=N\C(=O)OC(C)(C)C)NC(=O)OC(C)(C)C)CC3)cc2)cc1)/C(=N\C(=O)OC(C)(C)C)NC(=O)O. The summed E-state index contributed by atoms with van der Waals surface area (Å²) in [6.07, 6.45) is -0.823. The number of carbonyl (C=O) groups excluding carboxylic acids is 4. The van der Waals surface area contributed by atoms with Crippen molar-refractivity contribution < 1.29 is 43.3 Å². The summed E-state index contributed by atoms with van der Waals surface area (Å²) in [5, 5.41) is 16.8. The topological polar surface area (TPSA) is 201 Å². The van der Waals surface area contributed by atoms with Crippen LogP contribution in [0.5, 0.6) is 0 Å². The van der Waals surface area contributed by atoms with E-state index >= 15 is 0 Å². The predicted octanol–water partition coefficient (Wildman–Crippen LogP) is 6.88. The van der Waals surface area contributed by atoms with Gasteiger partial charge >= 0.3 is 24.4 Å². The summed E-state index contributed by atoms with van der Waals surface area (Å²) in [5.41, 5.74) is 1.61. The molecule has 0 fully saturated rings. The summed E-state index contributed by atoms with van der Waals surface area (Å²) in [7, 11) is 1.60. The first-order valence-corrected chi connectivity index (χ1v) is 17.8. The van der Waals surface area contributed by atoms with Gasteiger partial charge in [-0.25, -0.2) is 19.2 Å². The molecule has 4 N–H and O–H groups in total. The van der Waals surface area contributed by atoms with Gasteiger partial charge in [0.25, 0.3) is 5.91 Å². The lowest BCUT2D eigenvalue weighted by Gasteiger charge is -2.30. The van der Waals surface area contributed by atoms with E-state index in [1.807, 2.05) is 30.3 Å². The number of benzene rings is 2. The molecular formula is C39H53N7O9. The van der Waals surface area contributed by atoms with Gasteiger partial charge in [0.15, 0.2) is 0 Å². The molecule has 0 unspecified atom stereocenters. The average molecular weight is 764 g/mol. The number of nitrogens with zero attached hydrogens (tertiary/aromatic N) is 4. The fourth-order valence-electron chi connectivity index (χ4n) is 4.94. The Balaban J connectivity index is 1.61. The Labute approximate surface area is 322 Å². The Kier molecular flexibility index (Phi) is 14.5. The number of nitrogens with one attached hydrogen (secondary N) is 3. The summed E-state index contributed by atoms with van der Waals surface area (Å²) in [6, 6.07) is 14.4. The Hall–Kier alpha value is -5.93. The minimum Gasteiger partial charge on any atom is -0.465 e. The molecule has 0 saturated carbocycles. The number of ether oxygens (including phenoxy) is 3. The van der Waals surface area contributed by atoms with Crippen LogP contribution in [0.25, 0.3) is 5.57 Å². The number of guanidine groups is 2. The van der Waals surface area contributed by atoms with Gasteiger partial charge < -0.3 is 34.4 Å².